The standard InChI is InChI=1S/C13H10ClNO3S/c14-11-4-3-10(19-11)7-1-2-9-8(5-7)6-18-15-12(9)13(16)17/h1-5,13,16-17H,6H2. The highest BCUT2D eigenvalue weighted by Gasteiger charge is 2.21. The van der Waals surface area contributed by atoms with Crippen LogP contribution < -0.4 is 0 Å². The lowest BCUT2D eigenvalue weighted by Gasteiger charge is -2.18. The van der Waals surface area contributed by atoms with Crippen LogP contribution in [0.2, 0.25) is 4.34 Å². The highest BCUT2D eigenvalue weighted by molar-refractivity contribution is 7.19. The summed E-state index contributed by atoms with van der Waals surface area (Å²) in [4.78, 5) is 6.07. The Hall–Kier alpha value is -1.40. The molecule has 0 aliphatic carbocycles. The molecule has 0 atom stereocenters. The van der Waals surface area contributed by atoms with E-state index in [1.807, 2.05) is 30.3 Å². The van der Waals surface area contributed by atoms with E-state index in [-0.39, 0.29) is 5.71 Å². The van der Waals surface area contributed by atoms with Gasteiger partial charge in [0.1, 0.15) is 12.3 Å². The molecule has 0 bridgehead atoms. The summed E-state index contributed by atoms with van der Waals surface area (Å²) in [6.45, 7) is 0.318. The number of oxime groups is 1. The molecule has 4 nitrogen and oxygen atoms in total. The average Bonchev–Trinajstić information content (AvgIpc) is 2.84. The van der Waals surface area contributed by atoms with E-state index in [0.29, 0.717) is 12.2 Å². The van der Waals surface area contributed by atoms with Crippen molar-refractivity contribution in [1.29, 1.82) is 0 Å². The second-order valence-corrected chi connectivity index (χ2v) is 5.81. The Bertz CT molecular complexity index is 651. The molecule has 1 aliphatic heterocycles. The first kappa shape index (κ1) is 12.6. The Kier molecular flexibility index (Phi) is 3.28. The zero-order valence-corrected chi connectivity index (χ0v) is 11.3. The van der Waals surface area contributed by atoms with E-state index < -0.39 is 6.29 Å². The van der Waals surface area contributed by atoms with Crippen LogP contribution in [0.25, 0.3) is 10.4 Å². The van der Waals surface area contributed by atoms with Gasteiger partial charge in [0.2, 0.25) is 0 Å². The van der Waals surface area contributed by atoms with E-state index in [0.717, 1.165) is 20.3 Å². The fourth-order valence-electron chi connectivity index (χ4n) is 1.99. The molecule has 6 heteroatoms. The van der Waals surface area contributed by atoms with Gasteiger partial charge in [0, 0.05) is 16.0 Å². The van der Waals surface area contributed by atoms with Crippen molar-refractivity contribution in [3.8, 4) is 10.4 Å². The molecule has 0 unspecified atom stereocenters. The number of hydrogen-bond donors (Lipinski definition) is 2. The van der Waals surface area contributed by atoms with Crippen LogP contribution in [-0.4, -0.2) is 22.2 Å². The molecule has 19 heavy (non-hydrogen) atoms. The molecule has 0 spiro atoms. The fraction of sp³-hybridized carbons (Fsp3) is 0.154. The summed E-state index contributed by atoms with van der Waals surface area (Å²) in [5.74, 6) is 0. The van der Waals surface area contributed by atoms with Crippen molar-refractivity contribution in [2.45, 2.75) is 12.9 Å². The van der Waals surface area contributed by atoms with Crippen molar-refractivity contribution in [3.05, 3.63) is 45.8 Å². The lowest BCUT2D eigenvalue weighted by Crippen LogP contribution is -2.25. The molecule has 1 aromatic carbocycles. The summed E-state index contributed by atoms with van der Waals surface area (Å²) in [5, 5.41) is 22.2. The normalized spacial score (nSPS) is 14.0. The van der Waals surface area contributed by atoms with Crippen LogP contribution in [0.1, 0.15) is 11.1 Å². The van der Waals surface area contributed by atoms with E-state index in [4.69, 9.17) is 16.4 Å². The van der Waals surface area contributed by atoms with Gasteiger partial charge in [0.15, 0.2) is 6.29 Å². The molecule has 2 heterocycles. The Morgan fingerprint density at radius 3 is 2.79 bits per heavy atom. The third kappa shape index (κ3) is 2.37. The quantitative estimate of drug-likeness (QED) is 0.837. The first-order chi connectivity index (χ1) is 9.15. The van der Waals surface area contributed by atoms with Gasteiger partial charge in [-0.05, 0) is 23.8 Å². The number of hydrogen-bond acceptors (Lipinski definition) is 5. The van der Waals surface area contributed by atoms with Crippen LogP contribution in [0.4, 0.5) is 0 Å². The van der Waals surface area contributed by atoms with Crippen molar-refractivity contribution >= 4 is 28.6 Å². The molecule has 98 valence electrons. The maximum atomic E-state index is 9.24. The predicted molar refractivity (Wildman–Crippen MR) is 74.3 cm³/mol. The number of benzene rings is 1. The molecule has 3 rings (SSSR count). The highest BCUT2D eigenvalue weighted by Crippen LogP contribution is 2.33. The lowest BCUT2D eigenvalue weighted by atomic mass is 9.99. The molecular formula is C13H10ClNO3S. The maximum Gasteiger partial charge on any atom is 0.200 e. The van der Waals surface area contributed by atoms with E-state index in [9.17, 15) is 10.2 Å². The summed E-state index contributed by atoms with van der Waals surface area (Å²) < 4.78 is 0.733. The van der Waals surface area contributed by atoms with Gasteiger partial charge in [0.05, 0.1) is 4.34 Å². The van der Waals surface area contributed by atoms with Gasteiger partial charge >= 0.3 is 0 Å². The molecule has 0 radical (unpaired) electrons. The van der Waals surface area contributed by atoms with Gasteiger partial charge < -0.3 is 15.1 Å². The molecule has 0 amide bonds. The fourth-order valence-corrected chi connectivity index (χ4v) is 3.03. The Balaban J connectivity index is 2.04. The zero-order chi connectivity index (χ0) is 13.4. The predicted octanol–water partition coefficient (Wildman–Crippen LogP) is 2.61. The summed E-state index contributed by atoms with van der Waals surface area (Å²) in [6.07, 6.45) is -1.64. The summed E-state index contributed by atoms with van der Waals surface area (Å²) in [5.41, 5.74) is 2.73. The zero-order valence-electron chi connectivity index (χ0n) is 9.71. The van der Waals surface area contributed by atoms with Crippen LogP contribution in [0.3, 0.4) is 0 Å². The van der Waals surface area contributed by atoms with Gasteiger partial charge in [-0.15, -0.1) is 11.3 Å². The number of rotatable bonds is 2. The van der Waals surface area contributed by atoms with E-state index >= 15 is 0 Å². The first-order valence-corrected chi connectivity index (χ1v) is 6.79. The van der Waals surface area contributed by atoms with Gasteiger partial charge in [0.25, 0.3) is 0 Å². The molecule has 2 N–H and O–H groups in total. The van der Waals surface area contributed by atoms with Gasteiger partial charge in [-0.3, -0.25) is 0 Å². The van der Waals surface area contributed by atoms with E-state index in [2.05, 4.69) is 5.16 Å². The summed E-state index contributed by atoms with van der Waals surface area (Å²) in [6, 6.07) is 9.48. The van der Waals surface area contributed by atoms with Gasteiger partial charge in [-0.1, -0.05) is 28.9 Å². The van der Waals surface area contributed by atoms with Crippen LogP contribution >= 0.6 is 22.9 Å². The first-order valence-electron chi connectivity index (χ1n) is 5.60. The summed E-state index contributed by atoms with van der Waals surface area (Å²) in [7, 11) is 0. The Morgan fingerprint density at radius 2 is 2.11 bits per heavy atom. The van der Waals surface area contributed by atoms with Crippen molar-refractivity contribution < 1.29 is 15.1 Å². The highest BCUT2D eigenvalue weighted by atomic mass is 35.5. The van der Waals surface area contributed by atoms with Crippen molar-refractivity contribution in [2.75, 3.05) is 0 Å². The second-order valence-electron chi connectivity index (χ2n) is 4.10. The third-order valence-corrected chi connectivity index (χ3v) is 4.15. The van der Waals surface area contributed by atoms with Crippen LogP contribution in [0, 0.1) is 0 Å². The average molecular weight is 296 g/mol. The molecule has 0 saturated heterocycles. The van der Waals surface area contributed by atoms with Crippen molar-refractivity contribution in [2.24, 2.45) is 5.16 Å². The van der Waals surface area contributed by atoms with Gasteiger partial charge in [-0.25, -0.2) is 0 Å². The number of fused-ring (bicyclic) bond motifs is 1. The van der Waals surface area contributed by atoms with E-state index in [1.54, 1.807) is 0 Å². The summed E-state index contributed by atoms with van der Waals surface area (Å²) >= 11 is 7.42. The minimum absolute atomic E-state index is 0.136. The number of aliphatic hydroxyl groups excluding tert-OH is 1. The molecule has 2 aromatic rings. The number of nitrogens with zero attached hydrogens (tertiary/aromatic N) is 1. The third-order valence-electron chi connectivity index (χ3n) is 2.87. The Labute approximate surface area is 118 Å². The van der Waals surface area contributed by atoms with Crippen LogP contribution in [0.15, 0.2) is 35.5 Å². The minimum Gasteiger partial charge on any atom is -0.391 e. The van der Waals surface area contributed by atoms with Crippen LogP contribution in [0.5, 0.6) is 0 Å². The molecule has 0 saturated carbocycles. The van der Waals surface area contributed by atoms with Gasteiger partial charge in [-0.2, -0.15) is 0 Å². The number of aliphatic hydroxyl groups is 2. The molecule has 1 aromatic heterocycles. The molecule has 0 fully saturated rings. The maximum absolute atomic E-state index is 9.24. The molecular weight excluding hydrogens is 286 g/mol. The van der Waals surface area contributed by atoms with Crippen LogP contribution in [-0.2, 0) is 11.4 Å². The topological polar surface area (TPSA) is 62.0 Å². The minimum atomic E-state index is -1.64. The smallest absolute Gasteiger partial charge is 0.200 e. The van der Waals surface area contributed by atoms with Crippen molar-refractivity contribution in [1.82, 2.24) is 0 Å². The van der Waals surface area contributed by atoms with Crippen molar-refractivity contribution in [3.63, 3.8) is 0 Å². The number of thiophene rings is 1. The molecule has 1 aliphatic rings. The lowest BCUT2D eigenvalue weighted by molar-refractivity contribution is 0.0127. The largest absolute Gasteiger partial charge is 0.391 e. The Morgan fingerprint density at radius 1 is 1.26 bits per heavy atom. The SMILES string of the molecule is OC(O)C1=NOCc2cc(-c3ccc(Cl)s3)ccc21. The number of halogens is 1. The van der Waals surface area contributed by atoms with E-state index in [1.165, 1.54) is 11.3 Å². The second kappa shape index (κ2) is 4.94. The monoisotopic (exact) mass is 295 g/mol.